The van der Waals surface area contributed by atoms with E-state index in [0.29, 0.717) is 11.3 Å². The van der Waals surface area contributed by atoms with Crippen molar-refractivity contribution in [1.29, 1.82) is 0 Å². The monoisotopic (exact) mass is 334 g/mol. The minimum atomic E-state index is -0.944. The van der Waals surface area contributed by atoms with E-state index in [-0.39, 0.29) is 12.4 Å². The van der Waals surface area contributed by atoms with Crippen molar-refractivity contribution in [2.45, 2.75) is 6.04 Å². The van der Waals surface area contributed by atoms with Crippen LogP contribution in [0.5, 0.6) is 0 Å². The summed E-state index contributed by atoms with van der Waals surface area (Å²) in [4.78, 5) is 11.6. The van der Waals surface area contributed by atoms with E-state index in [1.54, 1.807) is 31.3 Å². The Bertz CT molecular complexity index is 674. The molecule has 122 valence electrons. The molecule has 1 unspecified atom stereocenters. The third kappa shape index (κ3) is 4.89. The van der Waals surface area contributed by atoms with Crippen molar-refractivity contribution in [3.05, 3.63) is 59.7 Å². The van der Waals surface area contributed by atoms with E-state index in [2.05, 4.69) is 15.7 Å². The number of carboxylic acids is 1. The molecule has 0 fully saturated rings. The Balaban J connectivity index is 0.00000264. The van der Waals surface area contributed by atoms with Crippen LogP contribution in [-0.2, 0) is 4.79 Å². The van der Waals surface area contributed by atoms with Crippen molar-refractivity contribution in [3.8, 4) is 0 Å². The van der Waals surface area contributed by atoms with E-state index in [0.717, 1.165) is 11.3 Å². The first-order valence-corrected chi connectivity index (χ1v) is 6.74. The lowest BCUT2D eigenvalue weighted by Gasteiger charge is -2.17. The van der Waals surface area contributed by atoms with Crippen LogP contribution >= 0.6 is 12.4 Å². The van der Waals surface area contributed by atoms with E-state index in [1.165, 1.54) is 6.21 Å². The molecule has 2 aromatic carbocycles. The Morgan fingerprint density at radius 2 is 1.91 bits per heavy atom. The first kappa shape index (κ1) is 18.3. The smallest absolute Gasteiger partial charge is 0.330 e. The molecule has 7 heteroatoms. The maximum absolute atomic E-state index is 11.6. The van der Waals surface area contributed by atoms with E-state index >= 15 is 0 Å². The van der Waals surface area contributed by atoms with Crippen molar-refractivity contribution in [3.63, 3.8) is 0 Å². The van der Waals surface area contributed by atoms with Gasteiger partial charge in [-0.25, -0.2) is 4.79 Å². The highest BCUT2D eigenvalue weighted by molar-refractivity contribution is 5.85. The minimum Gasteiger partial charge on any atom is -0.479 e. The summed E-state index contributed by atoms with van der Waals surface area (Å²) >= 11 is 0. The summed E-state index contributed by atoms with van der Waals surface area (Å²) in [7, 11) is 1.79. The predicted octanol–water partition coefficient (Wildman–Crippen LogP) is 2.68. The molecule has 0 spiro atoms. The highest BCUT2D eigenvalue weighted by Crippen LogP contribution is 2.22. The Hall–Kier alpha value is -2.73. The van der Waals surface area contributed by atoms with Gasteiger partial charge in [0.2, 0.25) is 0 Å². The van der Waals surface area contributed by atoms with Gasteiger partial charge < -0.3 is 21.6 Å². The highest BCUT2D eigenvalue weighted by atomic mass is 35.5. The third-order valence-electron chi connectivity index (χ3n) is 3.20. The SMILES string of the molecule is CNc1cccc(C(Nc2ccc(C=NN)cc2)C(=O)O)c1.Cl. The molecule has 0 aliphatic heterocycles. The Morgan fingerprint density at radius 3 is 2.48 bits per heavy atom. The Kier molecular flexibility index (Phi) is 6.89. The van der Waals surface area contributed by atoms with Crippen molar-refractivity contribution >= 4 is 36.0 Å². The first-order chi connectivity index (χ1) is 10.6. The summed E-state index contributed by atoms with van der Waals surface area (Å²) in [5.74, 6) is 4.15. The molecule has 2 rings (SSSR count). The van der Waals surface area contributed by atoms with Crippen molar-refractivity contribution in [2.24, 2.45) is 10.9 Å². The van der Waals surface area contributed by atoms with E-state index in [9.17, 15) is 9.90 Å². The lowest BCUT2D eigenvalue weighted by atomic mass is 10.1. The number of nitrogens with zero attached hydrogens (tertiary/aromatic N) is 1. The van der Waals surface area contributed by atoms with Gasteiger partial charge in [-0.05, 0) is 35.4 Å². The molecule has 6 nitrogen and oxygen atoms in total. The number of hydrazone groups is 1. The zero-order valence-corrected chi connectivity index (χ0v) is 13.4. The normalized spacial score (nSPS) is 11.5. The van der Waals surface area contributed by atoms with Gasteiger partial charge in [0.15, 0.2) is 6.04 Å². The molecule has 23 heavy (non-hydrogen) atoms. The Morgan fingerprint density at radius 1 is 1.22 bits per heavy atom. The number of aliphatic carboxylic acids is 1. The molecule has 0 bridgehead atoms. The van der Waals surface area contributed by atoms with Crippen LogP contribution in [0.2, 0.25) is 0 Å². The summed E-state index contributed by atoms with van der Waals surface area (Å²) in [5.41, 5.74) is 3.08. The lowest BCUT2D eigenvalue weighted by molar-refractivity contribution is -0.138. The molecule has 0 amide bonds. The van der Waals surface area contributed by atoms with E-state index in [4.69, 9.17) is 5.84 Å². The number of anilines is 2. The third-order valence-corrected chi connectivity index (χ3v) is 3.20. The molecule has 0 heterocycles. The van der Waals surface area contributed by atoms with Crippen LogP contribution in [0.4, 0.5) is 11.4 Å². The number of rotatable bonds is 6. The van der Waals surface area contributed by atoms with Crippen LogP contribution in [0.3, 0.4) is 0 Å². The zero-order chi connectivity index (χ0) is 15.9. The van der Waals surface area contributed by atoms with Crippen LogP contribution in [0, 0.1) is 0 Å². The number of hydrogen-bond donors (Lipinski definition) is 4. The summed E-state index contributed by atoms with van der Waals surface area (Å²) in [5, 5.41) is 18.9. The molecular weight excluding hydrogens is 316 g/mol. The fourth-order valence-corrected chi connectivity index (χ4v) is 2.08. The van der Waals surface area contributed by atoms with Crippen LogP contribution in [-0.4, -0.2) is 24.3 Å². The molecular formula is C16H19ClN4O2. The van der Waals surface area contributed by atoms with Crippen LogP contribution in [0.1, 0.15) is 17.2 Å². The maximum Gasteiger partial charge on any atom is 0.330 e. The van der Waals surface area contributed by atoms with Gasteiger partial charge in [0.1, 0.15) is 0 Å². The number of nitrogens with one attached hydrogen (secondary N) is 2. The predicted molar refractivity (Wildman–Crippen MR) is 95.5 cm³/mol. The number of halogens is 1. The molecule has 0 saturated carbocycles. The quantitative estimate of drug-likeness (QED) is 0.370. The molecule has 0 aliphatic rings. The molecule has 0 radical (unpaired) electrons. The number of carbonyl (C=O) groups is 1. The summed E-state index contributed by atoms with van der Waals surface area (Å²) < 4.78 is 0. The fraction of sp³-hybridized carbons (Fsp3) is 0.125. The van der Waals surface area contributed by atoms with Gasteiger partial charge in [0.25, 0.3) is 0 Å². The second-order valence-electron chi connectivity index (χ2n) is 4.69. The lowest BCUT2D eigenvalue weighted by Crippen LogP contribution is -2.20. The number of hydrogen-bond acceptors (Lipinski definition) is 5. The van der Waals surface area contributed by atoms with E-state index < -0.39 is 12.0 Å². The van der Waals surface area contributed by atoms with Gasteiger partial charge in [-0.1, -0.05) is 24.3 Å². The van der Waals surface area contributed by atoms with Crippen molar-refractivity contribution < 1.29 is 9.90 Å². The van der Waals surface area contributed by atoms with E-state index in [1.807, 2.05) is 24.3 Å². The maximum atomic E-state index is 11.6. The van der Waals surface area contributed by atoms with Crippen LogP contribution in [0.25, 0.3) is 0 Å². The minimum absolute atomic E-state index is 0. The fourth-order valence-electron chi connectivity index (χ4n) is 2.08. The Labute approximate surface area is 140 Å². The van der Waals surface area contributed by atoms with Crippen LogP contribution < -0.4 is 16.5 Å². The molecule has 0 saturated heterocycles. The highest BCUT2D eigenvalue weighted by Gasteiger charge is 2.19. The van der Waals surface area contributed by atoms with Crippen molar-refractivity contribution in [2.75, 3.05) is 17.7 Å². The number of nitrogens with two attached hydrogens (primary N) is 1. The molecule has 5 N–H and O–H groups in total. The van der Waals surface area contributed by atoms with Gasteiger partial charge in [0, 0.05) is 18.4 Å². The average Bonchev–Trinajstić information content (AvgIpc) is 2.54. The standard InChI is InChI=1S/C16H18N4O2.ClH/c1-18-14-4-2-3-12(9-14)15(16(21)22)20-13-7-5-11(6-8-13)10-19-17;/h2-10,15,18,20H,17H2,1H3,(H,21,22);1H. The molecule has 0 aliphatic carbocycles. The second-order valence-corrected chi connectivity index (χ2v) is 4.69. The molecule has 1 atom stereocenters. The number of carboxylic acid groups (broad SMARTS) is 1. The summed E-state index contributed by atoms with van der Waals surface area (Å²) in [6.07, 6.45) is 1.52. The summed E-state index contributed by atoms with van der Waals surface area (Å²) in [6, 6.07) is 13.6. The van der Waals surface area contributed by atoms with Gasteiger partial charge >= 0.3 is 5.97 Å². The summed E-state index contributed by atoms with van der Waals surface area (Å²) in [6.45, 7) is 0. The van der Waals surface area contributed by atoms with Gasteiger partial charge in [-0.2, -0.15) is 5.10 Å². The molecule has 2 aromatic rings. The van der Waals surface area contributed by atoms with Crippen molar-refractivity contribution in [1.82, 2.24) is 0 Å². The second kappa shape index (κ2) is 8.65. The first-order valence-electron chi connectivity index (χ1n) is 6.74. The van der Waals surface area contributed by atoms with Gasteiger partial charge in [-0.3, -0.25) is 0 Å². The average molecular weight is 335 g/mol. The van der Waals surface area contributed by atoms with Crippen LogP contribution in [0.15, 0.2) is 53.6 Å². The topological polar surface area (TPSA) is 99.7 Å². The number of benzene rings is 2. The molecule has 0 aromatic heterocycles. The van der Waals surface area contributed by atoms with Gasteiger partial charge in [0.05, 0.1) is 6.21 Å². The van der Waals surface area contributed by atoms with Gasteiger partial charge in [-0.15, -0.1) is 12.4 Å². The largest absolute Gasteiger partial charge is 0.479 e. The zero-order valence-electron chi connectivity index (χ0n) is 12.6.